The number of carbonyl (C=O) groups excluding carboxylic acids is 1. The number of hydrogen-bond acceptors (Lipinski definition) is 2. The molecule has 1 heterocycles. The average Bonchev–Trinajstić information content (AvgIpc) is 2.21. The van der Waals surface area contributed by atoms with Gasteiger partial charge in [0.25, 0.3) is 0 Å². The first-order valence-electron chi connectivity index (χ1n) is 4.67. The van der Waals surface area contributed by atoms with Crippen molar-refractivity contribution >= 4 is 11.6 Å². The Morgan fingerprint density at radius 2 is 1.94 bits per heavy atom. The van der Waals surface area contributed by atoms with Crippen LogP contribution in [0, 0.1) is 13.8 Å². The molecule has 0 saturated heterocycles. The SMILES string of the molecule is Cc1ccc(NC(=O)C(F)(F)C(F)F)c(C)n1. The maximum atomic E-state index is 12.7. The molecule has 3 nitrogen and oxygen atoms in total. The fraction of sp³-hybridized carbons (Fsp3) is 0.400. The zero-order chi connectivity index (χ0) is 13.2. The lowest BCUT2D eigenvalue weighted by atomic mass is 10.2. The predicted octanol–water partition coefficient (Wildman–Crippen LogP) is 2.54. The molecule has 94 valence electrons. The maximum absolute atomic E-state index is 12.7. The Hall–Kier alpha value is -1.66. The van der Waals surface area contributed by atoms with Gasteiger partial charge in [0.1, 0.15) is 0 Å². The minimum absolute atomic E-state index is 0.0130. The highest BCUT2D eigenvalue weighted by Crippen LogP contribution is 2.25. The van der Waals surface area contributed by atoms with Crippen LogP contribution in [0.2, 0.25) is 0 Å². The molecule has 1 aromatic heterocycles. The Balaban J connectivity index is 2.89. The van der Waals surface area contributed by atoms with Crippen LogP contribution in [-0.4, -0.2) is 23.2 Å². The van der Waals surface area contributed by atoms with Gasteiger partial charge in [-0.1, -0.05) is 0 Å². The zero-order valence-electron chi connectivity index (χ0n) is 9.10. The Morgan fingerprint density at radius 1 is 1.35 bits per heavy atom. The molecule has 0 saturated carbocycles. The molecule has 7 heteroatoms. The molecule has 1 aromatic rings. The number of nitrogens with zero attached hydrogens (tertiary/aromatic N) is 1. The van der Waals surface area contributed by atoms with Crippen LogP contribution in [-0.2, 0) is 4.79 Å². The number of amides is 1. The summed E-state index contributed by atoms with van der Waals surface area (Å²) in [5, 5.41) is 1.73. The number of pyridine rings is 1. The van der Waals surface area contributed by atoms with E-state index in [1.54, 1.807) is 12.2 Å². The van der Waals surface area contributed by atoms with E-state index in [0.29, 0.717) is 5.69 Å². The van der Waals surface area contributed by atoms with Crippen LogP contribution in [0.15, 0.2) is 12.1 Å². The lowest BCUT2D eigenvalue weighted by molar-refractivity contribution is -0.163. The van der Waals surface area contributed by atoms with Crippen LogP contribution in [0.4, 0.5) is 23.2 Å². The first kappa shape index (κ1) is 13.4. The van der Waals surface area contributed by atoms with Gasteiger partial charge in [-0.3, -0.25) is 9.78 Å². The largest absolute Gasteiger partial charge is 0.383 e. The van der Waals surface area contributed by atoms with E-state index in [2.05, 4.69) is 4.98 Å². The molecule has 1 rings (SSSR count). The maximum Gasteiger partial charge on any atom is 0.383 e. The fourth-order valence-electron chi connectivity index (χ4n) is 1.12. The monoisotopic (exact) mass is 250 g/mol. The summed E-state index contributed by atoms with van der Waals surface area (Å²) in [5.74, 6) is -6.75. The van der Waals surface area contributed by atoms with E-state index in [1.807, 2.05) is 0 Å². The Morgan fingerprint density at radius 3 is 2.41 bits per heavy atom. The van der Waals surface area contributed by atoms with Crippen LogP contribution >= 0.6 is 0 Å². The number of alkyl halides is 4. The van der Waals surface area contributed by atoms with Crippen LogP contribution in [0.5, 0.6) is 0 Å². The molecule has 1 N–H and O–H groups in total. The van der Waals surface area contributed by atoms with Crippen LogP contribution < -0.4 is 5.32 Å². The van der Waals surface area contributed by atoms with E-state index in [9.17, 15) is 22.4 Å². The molecule has 0 spiro atoms. The normalized spacial score (nSPS) is 11.7. The summed E-state index contributed by atoms with van der Waals surface area (Å²) in [7, 11) is 0. The molecule has 0 aliphatic rings. The second-order valence-electron chi connectivity index (χ2n) is 3.46. The zero-order valence-corrected chi connectivity index (χ0v) is 9.10. The summed E-state index contributed by atoms with van der Waals surface area (Å²) in [6.07, 6.45) is -4.04. The Bertz CT molecular complexity index is 434. The third-order valence-electron chi connectivity index (χ3n) is 2.05. The van der Waals surface area contributed by atoms with E-state index in [4.69, 9.17) is 0 Å². The van der Waals surface area contributed by atoms with Gasteiger partial charge in [-0.25, -0.2) is 8.78 Å². The number of hydrogen-bond donors (Lipinski definition) is 1. The molecule has 0 unspecified atom stereocenters. The summed E-state index contributed by atoms with van der Waals surface area (Å²) in [4.78, 5) is 14.9. The number of anilines is 1. The van der Waals surface area contributed by atoms with Crippen LogP contribution in [0.1, 0.15) is 11.4 Å². The number of halogens is 4. The molecule has 0 aliphatic carbocycles. The highest BCUT2D eigenvalue weighted by Gasteiger charge is 2.49. The Labute approximate surface area is 94.8 Å². The van der Waals surface area contributed by atoms with Crippen molar-refractivity contribution in [3.63, 3.8) is 0 Å². The van der Waals surface area contributed by atoms with E-state index >= 15 is 0 Å². The average molecular weight is 250 g/mol. The summed E-state index contributed by atoms with van der Waals surface area (Å²) >= 11 is 0. The van der Waals surface area contributed by atoms with Gasteiger partial charge < -0.3 is 5.32 Å². The van der Waals surface area contributed by atoms with E-state index < -0.39 is 18.3 Å². The van der Waals surface area contributed by atoms with Crippen molar-refractivity contribution in [3.8, 4) is 0 Å². The topological polar surface area (TPSA) is 42.0 Å². The van der Waals surface area contributed by atoms with Gasteiger partial charge in [0, 0.05) is 5.69 Å². The van der Waals surface area contributed by atoms with Crippen molar-refractivity contribution in [3.05, 3.63) is 23.5 Å². The van der Waals surface area contributed by atoms with Gasteiger partial charge in [-0.15, -0.1) is 0 Å². The van der Waals surface area contributed by atoms with Gasteiger partial charge in [0.2, 0.25) is 0 Å². The third-order valence-corrected chi connectivity index (χ3v) is 2.05. The second kappa shape index (κ2) is 4.68. The molecule has 0 bridgehead atoms. The standard InChI is InChI=1S/C10H10F4N2O/c1-5-3-4-7(6(2)15-5)16-9(17)10(13,14)8(11)12/h3-4,8H,1-2H3,(H,16,17). The van der Waals surface area contributed by atoms with Crippen molar-refractivity contribution in [1.29, 1.82) is 0 Å². The van der Waals surface area contributed by atoms with E-state index in [1.165, 1.54) is 19.1 Å². The summed E-state index contributed by atoms with van der Waals surface area (Å²) in [6, 6.07) is 2.81. The molecular weight excluding hydrogens is 240 g/mol. The molecule has 0 atom stereocenters. The van der Waals surface area contributed by atoms with Gasteiger partial charge in [-0.2, -0.15) is 8.78 Å². The van der Waals surface area contributed by atoms with Crippen molar-refractivity contribution < 1.29 is 22.4 Å². The number of nitrogens with one attached hydrogen (secondary N) is 1. The number of aryl methyl sites for hydroxylation is 2. The van der Waals surface area contributed by atoms with Gasteiger partial charge in [-0.05, 0) is 26.0 Å². The summed E-state index contributed by atoms with van der Waals surface area (Å²) < 4.78 is 49.1. The number of carbonyl (C=O) groups is 1. The lowest BCUT2D eigenvalue weighted by Gasteiger charge is -2.15. The van der Waals surface area contributed by atoms with Crippen molar-refractivity contribution in [2.45, 2.75) is 26.2 Å². The minimum atomic E-state index is -4.71. The van der Waals surface area contributed by atoms with Crippen molar-refractivity contribution in [2.24, 2.45) is 0 Å². The Kier molecular flexibility index (Phi) is 3.69. The first-order valence-corrected chi connectivity index (χ1v) is 4.67. The molecule has 0 radical (unpaired) electrons. The highest BCUT2D eigenvalue weighted by molar-refractivity contribution is 5.96. The summed E-state index contributed by atoms with van der Waals surface area (Å²) in [6.45, 7) is 3.15. The second-order valence-corrected chi connectivity index (χ2v) is 3.46. The minimum Gasteiger partial charge on any atom is -0.319 e. The van der Waals surface area contributed by atoms with Gasteiger partial charge in [0.05, 0.1) is 11.4 Å². The highest BCUT2D eigenvalue weighted by atomic mass is 19.3. The van der Waals surface area contributed by atoms with Crippen LogP contribution in [0.3, 0.4) is 0 Å². The first-order chi connectivity index (χ1) is 7.75. The number of aromatic nitrogens is 1. The molecule has 0 aromatic carbocycles. The quantitative estimate of drug-likeness (QED) is 0.837. The van der Waals surface area contributed by atoms with Gasteiger partial charge >= 0.3 is 18.3 Å². The van der Waals surface area contributed by atoms with E-state index in [-0.39, 0.29) is 11.4 Å². The van der Waals surface area contributed by atoms with Crippen molar-refractivity contribution in [2.75, 3.05) is 5.32 Å². The molecule has 17 heavy (non-hydrogen) atoms. The molecule has 0 aliphatic heterocycles. The lowest BCUT2D eigenvalue weighted by Crippen LogP contribution is -2.41. The smallest absolute Gasteiger partial charge is 0.319 e. The fourth-order valence-corrected chi connectivity index (χ4v) is 1.12. The third kappa shape index (κ3) is 2.92. The van der Waals surface area contributed by atoms with Crippen LogP contribution in [0.25, 0.3) is 0 Å². The molecule has 0 fully saturated rings. The molecule has 1 amide bonds. The van der Waals surface area contributed by atoms with Gasteiger partial charge in [0.15, 0.2) is 0 Å². The van der Waals surface area contributed by atoms with E-state index in [0.717, 1.165) is 0 Å². The summed E-state index contributed by atoms with van der Waals surface area (Å²) in [5.41, 5.74) is 0.894. The van der Waals surface area contributed by atoms with Crippen molar-refractivity contribution in [1.82, 2.24) is 4.98 Å². The number of rotatable bonds is 3. The predicted molar refractivity (Wildman–Crippen MR) is 53.3 cm³/mol. The molecular formula is C10H10F4N2O.